The van der Waals surface area contributed by atoms with E-state index in [9.17, 15) is 4.79 Å². The Bertz CT molecular complexity index is 778. The molecular formula is C22H29N5O2. The number of likely N-dealkylation sites (tertiary alicyclic amines) is 1. The number of benzene rings is 1. The molecule has 1 atom stereocenters. The molecule has 2 amide bonds. The topological polar surface area (TPSA) is 69.7 Å². The quantitative estimate of drug-likeness (QED) is 0.783. The van der Waals surface area contributed by atoms with Crippen LogP contribution in [-0.4, -0.2) is 61.3 Å². The lowest BCUT2D eigenvalue weighted by atomic mass is 10.2. The van der Waals surface area contributed by atoms with Gasteiger partial charge in [-0.05, 0) is 23.6 Å². The van der Waals surface area contributed by atoms with E-state index in [1.54, 1.807) is 0 Å². The van der Waals surface area contributed by atoms with Crippen LogP contribution in [0.15, 0.2) is 48.7 Å². The number of rotatable bonds is 6. The molecule has 7 heteroatoms. The summed E-state index contributed by atoms with van der Waals surface area (Å²) in [6, 6.07) is 14.6. The molecule has 2 N–H and O–H groups in total. The summed E-state index contributed by atoms with van der Waals surface area (Å²) in [7, 11) is 0. The third-order valence-corrected chi connectivity index (χ3v) is 5.45. The standard InChI is InChI=1S/C22H29N5O2/c28-22(25-20-8-9-26(17-20)16-18-4-2-1-3-5-18)24-15-19-6-7-21(23-14-19)27-10-12-29-13-11-27/h1-7,14,20H,8-13,15-17H2,(H2,24,25,28). The first kappa shape index (κ1) is 19.7. The van der Waals surface area contributed by atoms with Gasteiger partial charge in [0.15, 0.2) is 0 Å². The van der Waals surface area contributed by atoms with E-state index in [2.05, 4.69) is 49.7 Å². The Balaban J connectivity index is 1.18. The second kappa shape index (κ2) is 9.71. The third kappa shape index (κ3) is 5.68. The Morgan fingerprint density at radius 3 is 2.66 bits per heavy atom. The molecular weight excluding hydrogens is 366 g/mol. The maximum absolute atomic E-state index is 12.3. The number of carbonyl (C=O) groups excluding carboxylic acids is 1. The van der Waals surface area contributed by atoms with E-state index < -0.39 is 0 Å². The molecule has 29 heavy (non-hydrogen) atoms. The van der Waals surface area contributed by atoms with Gasteiger partial charge in [0.25, 0.3) is 0 Å². The summed E-state index contributed by atoms with van der Waals surface area (Å²) in [4.78, 5) is 21.4. The van der Waals surface area contributed by atoms with E-state index in [0.29, 0.717) is 6.54 Å². The molecule has 0 radical (unpaired) electrons. The second-order valence-electron chi connectivity index (χ2n) is 7.66. The van der Waals surface area contributed by atoms with E-state index in [-0.39, 0.29) is 12.1 Å². The summed E-state index contributed by atoms with van der Waals surface area (Å²) >= 11 is 0. The Morgan fingerprint density at radius 2 is 1.90 bits per heavy atom. The van der Waals surface area contributed by atoms with Crippen LogP contribution in [0.2, 0.25) is 0 Å². The van der Waals surface area contributed by atoms with Crippen LogP contribution in [0.3, 0.4) is 0 Å². The molecule has 4 rings (SSSR count). The van der Waals surface area contributed by atoms with Crippen LogP contribution in [-0.2, 0) is 17.8 Å². The van der Waals surface area contributed by atoms with Crippen LogP contribution < -0.4 is 15.5 Å². The number of urea groups is 1. The van der Waals surface area contributed by atoms with Crippen molar-refractivity contribution in [1.29, 1.82) is 0 Å². The number of ether oxygens (including phenoxy) is 1. The number of pyridine rings is 1. The predicted molar refractivity (Wildman–Crippen MR) is 113 cm³/mol. The SMILES string of the molecule is O=C(NCc1ccc(N2CCOCC2)nc1)NC1CCN(Cc2ccccc2)C1. The van der Waals surface area contributed by atoms with Gasteiger partial charge in [-0.15, -0.1) is 0 Å². The van der Waals surface area contributed by atoms with Gasteiger partial charge >= 0.3 is 6.03 Å². The Hall–Kier alpha value is -2.64. The largest absolute Gasteiger partial charge is 0.378 e. The average molecular weight is 396 g/mol. The molecule has 2 aromatic rings. The Labute approximate surface area is 172 Å². The second-order valence-corrected chi connectivity index (χ2v) is 7.66. The molecule has 2 fully saturated rings. The molecule has 2 aliphatic heterocycles. The molecule has 0 aliphatic carbocycles. The normalized spacial score (nSPS) is 19.9. The number of nitrogens with zero attached hydrogens (tertiary/aromatic N) is 3. The highest BCUT2D eigenvalue weighted by atomic mass is 16.5. The van der Waals surface area contributed by atoms with Gasteiger partial charge in [0.05, 0.1) is 13.2 Å². The molecule has 1 aromatic heterocycles. The van der Waals surface area contributed by atoms with Crippen molar-refractivity contribution in [3.8, 4) is 0 Å². The summed E-state index contributed by atoms with van der Waals surface area (Å²) in [5.74, 6) is 0.964. The minimum atomic E-state index is -0.117. The van der Waals surface area contributed by atoms with Crippen molar-refractivity contribution in [3.05, 3.63) is 59.8 Å². The van der Waals surface area contributed by atoms with E-state index in [1.807, 2.05) is 24.4 Å². The smallest absolute Gasteiger partial charge is 0.315 e. The van der Waals surface area contributed by atoms with Crippen LogP contribution >= 0.6 is 0 Å². The van der Waals surface area contributed by atoms with E-state index in [1.165, 1.54) is 5.56 Å². The van der Waals surface area contributed by atoms with E-state index >= 15 is 0 Å². The van der Waals surface area contributed by atoms with Gasteiger partial charge in [-0.1, -0.05) is 36.4 Å². The average Bonchev–Trinajstić information content (AvgIpc) is 3.20. The predicted octanol–water partition coefficient (Wildman–Crippen LogP) is 1.99. The van der Waals surface area contributed by atoms with Gasteiger partial charge in [-0.2, -0.15) is 0 Å². The molecule has 2 saturated heterocycles. The van der Waals surface area contributed by atoms with Crippen LogP contribution in [0.5, 0.6) is 0 Å². The van der Waals surface area contributed by atoms with Crippen molar-refractivity contribution in [2.45, 2.75) is 25.6 Å². The van der Waals surface area contributed by atoms with Crippen molar-refractivity contribution < 1.29 is 9.53 Å². The van der Waals surface area contributed by atoms with E-state index in [4.69, 9.17) is 4.74 Å². The highest BCUT2D eigenvalue weighted by molar-refractivity contribution is 5.74. The van der Waals surface area contributed by atoms with Gasteiger partial charge in [0, 0.05) is 51.5 Å². The van der Waals surface area contributed by atoms with Crippen molar-refractivity contribution in [2.75, 3.05) is 44.3 Å². The minimum absolute atomic E-state index is 0.117. The number of hydrogen-bond acceptors (Lipinski definition) is 5. The molecule has 3 heterocycles. The van der Waals surface area contributed by atoms with Gasteiger partial charge in [-0.25, -0.2) is 9.78 Å². The molecule has 0 spiro atoms. The summed E-state index contributed by atoms with van der Waals surface area (Å²) < 4.78 is 5.37. The monoisotopic (exact) mass is 395 g/mol. The van der Waals surface area contributed by atoms with Gasteiger partial charge in [0.1, 0.15) is 5.82 Å². The number of nitrogens with one attached hydrogen (secondary N) is 2. The van der Waals surface area contributed by atoms with Crippen LogP contribution in [0.4, 0.5) is 10.6 Å². The summed E-state index contributed by atoms with van der Waals surface area (Å²) in [6.07, 6.45) is 2.82. The van der Waals surface area contributed by atoms with Crippen LogP contribution in [0.1, 0.15) is 17.5 Å². The molecule has 7 nitrogen and oxygen atoms in total. The summed E-state index contributed by atoms with van der Waals surface area (Å²) in [5, 5.41) is 6.04. The zero-order valence-corrected chi connectivity index (χ0v) is 16.7. The Morgan fingerprint density at radius 1 is 1.07 bits per heavy atom. The Kier molecular flexibility index (Phi) is 6.59. The summed E-state index contributed by atoms with van der Waals surface area (Å²) in [5.41, 5.74) is 2.31. The first-order valence-electron chi connectivity index (χ1n) is 10.3. The van der Waals surface area contributed by atoms with Gasteiger partial charge in [0.2, 0.25) is 0 Å². The molecule has 0 bridgehead atoms. The molecule has 1 aromatic carbocycles. The lowest BCUT2D eigenvalue weighted by Gasteiger charge is -2.27. The lowest BCUT2D eigenvalue weighted by molar-refractivity contribution is 0.122. The van der Waals surface area contributed by atoms with Crippen molar-refractivity contribution in [2.24, 2.45) is 0 Å². The first-order valence-corrected chi connectivity index (χ1v) is 10.3. The first-order chi connectivity index (χ1) is 14.3. The van der Waals surface area contributed by atoms with Gasteiger partial charge in [-0.3, -0.25) is 4.90 Å². The van der Waals surface area contributed by atoms with Crippen LogP contribution in [0, 0.1) is 0 Å². The van der Waals surface area contributed by atoms with Crippen LogP contribution in [0.25, 0.3) is 0 Å². The fourth-order valence-electron chi connectivity index (χ4n) is 3.86. The van der Waals surface area contributed by atoms with Gasteiger partial charge < -0.3 is 20.3 Å². The van der Waals surface area contributed by atoms with E-state index in [0.717, 1.165) is 63.7 Å². The number of morpholine rings is 1. The third-order valence-electron chi connectivity index (χ3n) is 5.45. The van der Waals surface area contributed by atoms with Crippen molar-refractivity contribution in [3.63, 3.8) is 0 Å². The molecule has 154 valence electrons. The number of anilines is 1. The van der Waals surface area contributed by atoms with Crippen molar-refractivity contribution >= 4 is 11.8 Å². The minimum Gasteiger partial charge on any atom is -0.378 e. The fraction of sp³-hybridized carbons (Fsp3) is 0.455. The van der Waals surface area contributed by atoms with Crippen molar-refractivity contribution in [1.82, 2.24) is 20.5 Å². The highest BCUT2D eigenvalue weighted by Crippen LogP contribution is 2.14. The zero-order chi connectivity index (χ0) is 19.9. The summed E-state index contributed by atoms with van der Waals surface area (Å²) in [6.45, 7) is 6.53. The molecule has 2 aliphatic rings. The maximum atomic E-state index is 12.3. The molecule has 1 unspecified atom stereocenters. The number of amides is 2. The highest BCUT2D eigenvalue weighted by Gasteiger charge is 2.23. The lowest BCUT2D eigenvalue weighted by Crippen LogP contribution is -2.43. The maximum Gasteiger partial charge on any atom is 0.315 e. The number of aromatic nitrogens is 1. The zero-order valence-electron chi connectivity index (χ0n) is 16.7. The number of carbonyl (C=O) groups is 1. The fourth-order valence-corrected chi connectivity index (χ4v) is 3.86. The molecule has 0 saturated carbocycles. The number of hydrogen-bond donors (Lipinski definition) is 2.